The Balaban J connectivity index is 1.60. The van der Waals surface area contributed by atoms with Crippen LogP contribution in [0.1, 0.15) is 72.4 Å². The number of unbranched alkanes of at least 4 members (excludes halogenated alkanes) is 1. The molecule has 2 aromatic carbocycles. The molecule has 34 heavy (non-hydrogen) atoms. The number of hydrogen-bond acceptors (Lipinski definition) is 7. The summed E-state index contributed by atoms with van der Waals surface area (Å²) >= 11 is 0. The molecule has 0 aliphatic rings. The van der Waals surface area contributed by atoms with Crippen LogP contribution in [0.15, 0.2) is 36.4 Å². The van der Waals surface area contributed by atoms with Gasteiger partial charge in [0, 0.05) is 24.9 Å². The van der Waals surface area contributed by atoms with Gasteiger partial charge in [-0.05, 0) is 65.9 Å². The lowest BCUT2D eigenvalue weighted by atomic mass is 9.97. The monoisotopic (exact) mass is 466 g/mol. The van der Waals surface area contributed by atoms with E-state index in [9.17, 15) is 14.7 Å². The van der Waals surface area contributed by atoms with Crippen LogP contribution in [-0.2, 0) is 30.8 Å². The molecule has 0 unspecified atom stereocenters. The largest absolute Gasteiger partial charge is 0.507 e. The van der Waals surface area contributed by atoms with Crippen LogP contribution in [-0.4, -0.2) is 42.2 Å². The Labute approximate surface area is 198 Å². The van der Waals surface area contributed by atoms with E-state index in [2.05, 4.69) is 15.5 Å². The Morgan fingerprint density at radius 2 is 1.85 bits per heavy atom. The first-order valence-electron chi connectivity index (χ1n) is 11.4. The number of rotatable bonds is 13. The average molecular weight is 467 g/mol. The minimum Gasteiger partial charge on any atom is -0.507 e. The molecular formula is C25H30N4O5. The van der Waals surface area contributed by atoms with Crippen LogP contribution in [0.25, 0.3) is 0 Å². The van der Waals surface area contributed by atoms with E-state index >= 15 is 0 Å². The van der Waals surface area contributed by atoms with E-state index in [1.807, 2.05) is 37.3 Å². The van der Waals surface area contributed by atoms with Crippen molar-refractivity contribution >= 4 is 11.8 Å². The molecule has 0 atom stereocenters. The van der Waals surface area contributed by atoms with Gasteiger partial charge < -0.3 is 14.9 Å². The van der Waals surface area contributed by atoms with Gasteiger partial charge in [-0.15, -0.1) is 5.10 Å². The number of nitrogens with zero attached hydrogens (tertiary/aromatic N) is 4. The molecule has 0 spiro atoms. The van der Waals surface area contributed by atoms with Gasteiger partial charge in [-0.2, -0.15) is 0 Å². The van der Waals surface area contributed by atoms with E-state index in [-0.39, 0.29) is 24.6 Å². The van der Waals surface area contributed by atoms with Crippen LogP contribution < -0.4 is 4.74 Å². The second kappa shape index (κ2) is 11.9. The standard InChI is InChI=1S/C25H30N4O5/c1-3-6-22-19(10-13-21(17(2)30)25(22)33)16-34-20-11-8-18(9-12-20)15-23-26-27-28-29(23)14-5-4-7-24(31)32/h8-13,33H,3-7,14-16H2,1-2H3,(H,31,32). The zero-order chi connectivity index (χ0) is 24.5. The number of ether oxygens (including phenoxy) is 1. The van der Waals surface area contributed by atoms with Gasteiger partial charge in [0.05, 0.1) is 5.56 Å². The molecule has 1 heterocycles. The van der Waals surface area contributed by atoms with Crippen molar-refractivity contribution in [2.75, 3.05) is 0 Å². The van der Waals surface area contributed by atoms with E-state index < -0.39 is 5.97 Å². The summed E-state index contributed by atoms with van der Waals surface area (Å²) in [5.74, 6) is 0.491. The fourth-order valence-electron chi connectivity index (χ4n) is 3.73. The number of phenols is 1. The van der Waals surface area contributed by atoms with Crippen LogP contribution in [0.2, 0.25) is 0 Å². The number of aromatic hydroxyl groups is 1. The van der Waals surface area contributed by atoms with Crippen molar-refractivity contribution in [3.8, 4) is 11.5 Å². The summed E-state index contributed by atoms with van der Waals surface area (Å²) < 4.78 is 7.65. The molecule has 0 aliphatic heterocycles. The number of benzene rings is 2. The smallest absolute Gasteiger partial charge is 0.303 e. The summed E-state index contributed by atoms with van der Waals surface area (Å²) in [6.07, 6.45) is 3.47. The first-order valence-corrected chi connectivity index (χ1v) is 11.4. The van der Waals surface area contributed by atoms with Crippen LogP contribution in [0, 0.1) is 0 Å². The van der Waals surface area contributed by atoms with Gasteiger partial charge in [-0.1, -0.05) is 31.5 Å². The molecule has 3 aromatic rings. The number of carboxylic acids is 1. The number of carbonyl (C=O) groups is 2. The van der Waals surface area contributed by atoms with E-state index in [1.54, 1.807) is 10.7 Å². The Hall–Kier alpha value is -3.75. The van der Waals surface area contributed by atoms with Gasteiger partial charge >= 0.3 is 5.97 Å². The topological polar surface area (TPSA) is 127 Å². The second-order valence-electron chi connectivity index (χ2n) is 8.18. The second-order valence-corrected chi connectivity index (χ2v) is 8.18. The fourth-order valence-corrected chi connectivity index (χ4v) is 3.73. The van der Waals surface area contributed by atoms with Crippen molar-refractivity contribution in [1.82, 2.24) is 20.2 Å². The maximum absolute atomic E-state index is 11.7. The minimum atomic E-state index is -0.800. The zero-order valence-corrected chi connectivity index (χ0v) is 19.5. The maximum atomic E-state index is 11.7. The molecule has 9 nitrogen and oxygen atoms in total. The number of Topliss-reactive ketones (excluding diaryl/α,β-unsaturated/α-hetero) is 1. The van der Waals surface area contributed by atoms with Crippen molar-refractivity contribution in [3.05, 3.63) is 64.5 Å². The van der Waals surface area contributed by atoms with E-state index in [4.69, 9.17) is 9.84 Å². The number of tetrazole rings is 1. The first-order chi connectivity index (χ1) is 16.4. The predicted octanol–water partition coefficient (Wildman–Crippen LogP) is 3.96. The maximum Gasteiger partial charge on any atom is 0.303 e. The zero-order valence-electron chi connectivity index (χ0n) is 19.5. The van der Waals surface area contributed by atoms with Crippen molar-refractivity contribution in [2.45, 2.75) is 65.5 Å². The molecular weight excluding hydrogens is 436 g/mol. The molecule has 0 amide bonds. The highest BCUT2D eigenvalue weighted by Crippen LogP contribution is 2.29. The molecule has 0 bridgehead atoms. The van der Waals surface area contributed by atoms with Crippen LogP contribution >= 0.6 is 0 Å². The van der Waals surface area contributed by atoms with Crippen molar-refractivity contribution in [1.29, 1.82) is 0 Å². The summed E-state index contributed by atoms with van der Waals surface area (Å²) in [5.41, 5.74) is 2.96. The molecule has 180 valence electrons. The third-order valence-electron chi connectivity index (χ3n) is 5.56. The van der Waals surface area contributed by atoms with Crippen molar-refractivity contribution < 1.29 is 24.5 Å². The minimum absolute atomic E-state index is 0.0477. The Morgan fingerprint density at radius 1 is 1.09 bits per heavy atom. The van der Waals surface area contributed by atoms with E-state index in [0.29, 0.717) is 49.4 Å². The Kier molecular flexibility index (Phi) is 8.73. The lowest BCUT2D eigenvalue weighted by molar-refractivity contribution is -0.137. The number of aromatic nitrogens is 4. The van der Waals surface area contributed by atoms with Crippen LogP contribution in [0.5, 0.6) is 11.5 Å². The highest BCUT2D eigenvalue weighted by atomic mass is 16.5. The van der Waals surface area contributed by atoms with Gasteiger partial charge in [0.25, 0.3) is 0 Å². The summed E-state index contributed by atoms with van der Waals surface area (Å²) in [7, 11) is 0. The quantitative estimate of drug-likeness (QED) is 0.286. The summed E-state index contributed by atoms with van der Waals surface area (Å²) in [4.78, 5) is 22.4. The fraction of sp³-hybridized carbons (Fsp3) is 0.400. The normalized spacial score (nSPS) is 10.9. The summed E-state index contributed by atoms with van der Waals surface area (Å²) in [6, 6.07) is 11.1. The summed E-state index contributed by atoms with van der Waals surface area (Å²) in [5, 5.41) is 31.1. The number of aliphatic carboxylic acids is 1. The van der Waals surface area contributed by atoms with Gasteiger partial charge in [0.1, 0.15) is 18.1 Å². The van der Waals surface area contributed by atoms with Gasteiger partial charge in [-0.3, -0.25) is 9.59 Å². The Morgan fingerprint density at radius 3 is 2.53 bits per heavy atom. The van der Waals surface area contributed by atoms with Crippen molar-refractivity contribution in [3.63, 3.8) is 0 Å². The highest BCUT2D eigenvalue weighted by molar-refractivity contribution is 5.97. The lowest BCUT2D eigenvalue weighted by Crippen LogP contribution is -2.07. The first kappa shape index (κ1) is 24.9. The molecule has 1 aromatic heterocycles. The molecule has 0 saturated carbocycles. The molecule has 0 aliphatic carbocycles. The SMILES string of the molecule is CCCc1c(COc2ccc(Cc3nnnn3CCCCC(=O)O)cc2)ccc(C(C)=O)c1O. The van der Waals surface area contributed by atoms with Gasteiger partial charge in [-0.25, -0.2) is 4.68 Å². The third kappa shape index (κ3) is 6.63. The molecule has 2 N–H and O–H groups in total. The van der Waals surface area contributed by atoms with Crippen LogP contribution in [0.3, 0.4) is 0 Å². The van der Waals surface area contributed by atoms with Gasteiger partial charge in [0.15, 0.2) is 11.6 Å². The number of ketones is 1. The highest BCUT2D eigenvalue weighted by Gasteiger charge is 2.15. The number of carbonyl (C=O) groups excluding carboxylic acids is 1. The van der Waals surface area contributed by atoms with Crippen molar-refractivity contribution in [2.24, 2.45) is 0 Å². The number of phenolic OH excluding ortho intramolecular Hbond substituents is 1. The molecule has 0 radical (unpaired) electrons. The summed E-state index contributed by atoms with van der Waals surface area (Å²) in [6.45, 7) is 4.33. The average Bonchev–Trinajstić information content (AvgIpc) is 3.24. The molecule has 3 rings (SSSR count). The van der Waals surface area contributed by atoms with E-state index in [0.717, 1.165) is 23.1 Å². The molecule has 0 fully saturated rings. The van der Waals surface area contributed by atoms with Crippen LogP contribution in [0.4, 0.5) is 0 Å². The van der Waals surface area contributed by atoms with E-state index in [1.165, 1.54) is 6.92 Å². The molecule has 9 heteroatoms. The lowest BCUT2D eigenvalue weighted by Gasteiger charge is -2.14. The molecule has 0 saturated heterocycles. The number of aryl methyl sites for hydroxylation is 1. The third-order valence-corrected chi connectivity index (χ3v) is 5.56. The Bertz CT molecular complexity index is 1120. The number of carboxylic acid groups (broad SMARTS) is 1. The predicted molar refractivity (Wildman–Crippen MR) is 125 cm³/mol. The van der Waals surface area contributed by atoms with Gasteiger partial charge in [0.2, 0.25) is 0 Å². The number of hydrogen-bond donors (Lipinski definition) is 2.